The third-order valence-corrected chi connectivity index (χ3v) is 7.78. The Balaban J connectivity index is 1.77. The molecule has 2 atom stereocenters. The Labute approximate surface area is 159 Å². The first-order valence-corrected chi connectivity index (χ1v) is 11.2. The molecule has 7 heteroatoms. The van der Waals surface area contributed by atoms with Crippen molar-refractivity contribution in [1.29, 1.82) is 0 Å². The van der Waals surface area contributed by atoms with E-state index >= 15 is 0 Å². The summed E-state index contributed by atoms with van der Waals surface area (Å²) < 4.78 is 27.6. The Bertz CT molecular complexity index is 863. The Morgan fingerprint density at radius 3 is 2.65 bits per heavy atom. The van der Waals surface area contributed by atoms with Gasteiger partial charge in [0.1, 0.15) is 4.21 Å². The van der Waals surface area contributed by atoms with Gasteiger partial charge in [-0.05, 0) is 48.4 Å². The van der Waals surface area contributed by atoms with Crippen LogP contribution in [0.15, 0.2) is 46.0 Å². The van der Waals surface area contributed by atoms with E-state index in [-0.39, 0.29) is 16.2 Å². The maximum atomic E-state index is 12.9. The molecule has 1 aliphatic rings. The van der Waals surface area contributed by atoms with Crippen molar-refractivity contribution >= 4 is 33.0 Å². The lowest BCUT2D eigenvalue weighted by molar-refractivity contribution is 0.0629. The molecule has 1 amide bonds. The average Bonchev–Trinajstić information content (AvgIpc) is 3.16. The highest BCUT2D eigenvalue weighted by atomic mass is 32.2. The molecule has 1 saturated carbocycles. The Morgan fingerprint density at radius 2 is 1.96 bits per heavy atom. The summed E-state index contributed by atoms with van der Waals surface area (Å²) in [5, 5.41) is 1.72. The second kappa shape index (κ2) is 7.80. The quantitative estimate of drug-likeness (QED) is 0.829. The van der Waals surface area contributed by atoms with E-state index in [9.17, 15) is 13.2 Å². The van der Waals surface area contributed by atoms with Crippen LogP contribution in [0.1, 0.15) is 43.0 Å². The number of anilines is 1. The van der Waals surface area contributed by atoms with Crippen LogP contribution < -0.4 is 4.72 Å². The van der Waals surface area contributed by atoms with Gasteiger partial charge in [-0.15, -0.1) is 11.3 Å². The van der Waals surface area contributed by atoms with Crippen LogP contribution in [0.25, 0.3) is 0 Å². The molecule has 1 aromatic heterocycles. The summed E-state index contributed by atoms with van der Waals surface area (Å²) in [5.41, 5.74) is 0.894. The molecule has 0 saturated heterocycles. The molecule has 0 bridgehead atoms. The molecule has 5 nitrogen and oxygen atoms in total. The van der Waals surface area contributed by atoms with Gasteiger partial charge in [0.15, 0.2) is 0 Å². The number of nitrogens with one attached hydrogen (secondary N) is 1. The fourth-order valence-corrected chi connectivity index (χ4v) is 5.61. The number of carbonyl (C=O) groups is 1. The first-order valence-electron chi connectivity index (χ1n) is 8.82. The van der Waals surface area contributed by atoms with Crippen molar-refractivity contribution in [2.75, 3.05) is 11.8 Å². The number of thiophene rings is 1. The van der Waals surface area contributed by atoms with Gasteiger partial charge in [-0.1, -0.05) is 31.9 Å². The van der Waals surface area contributed by atoms with Gasteiger partial charge in [-0.2, -0.15) is 0 Å². The topological polar surface area (TPSA) is 66.5 Å². The van der Waals surface area contributed by atoms with Gasteiger partial charge in [-0.25, -0.2) is 8.42 Å². The summed E-state index contributed by atoms with van der Waals surface area (Å²) in [6.45, 7) is 2.19. The van der Waals surface area contributed by atoms with Crippen molar-refractivity contribution in [3.05, 3.63) is 47.3 Å². The molecule has 1 N–H and O–H groups in total. The Hall–Kier alpha value is -1.86. The van der Waals surface area contributed by atoms with Gasteiger partial charge in [0.05, 0.1) is 0 Å². The van der Waals surface area contributed by atoms with E-state index in [2.05, 4.69) is 11.6 Å². The number of rotatable bonds is 5. The zero-order chi connectivity index (χ0) is 18.7. The molecule has 0 aliphatic heterocycles. The van der Waals surface area contributed by atoms with Crippen molar-refractivity contribution < 1.29 is 13.2 Å². The van der Waals surface area contributed by atoms with Crippen LogP contribution in [-0.4, -0.2) is 32.3 Å². The molecule has 1 heterocycles. The molecule has 26 heavy (non-hydrogen) atoms. The third kappa shape index (κ3) is 4.10. The smallest absolute Gasteiger partial charge is 0.271 e. The highest BCUT2D eigenvalue weighted by Crippen LogP contribution is 2.28. The largest absolute Gasteiger partial charge is 0.338 e. The minimum atomic E-state index is -3.62. The first-order chi connectivity index (χ1) is 12.4. The van der Waals surface area contributed by atoms with Crippen molar-refractivity contribution in [3.8, 4) is 0 Å². The second-order valence-corrected chi connectivity index (χ2v) is 9.72. The maximum Gasteiger partial charge on any atom is 0.271 e. The molecule has 3 rings (SSSR count). The molecular formula is C19H24N2O3S2. The van der Waals surface area contributed by atoms with Crippen LogP contribution in [-0.2, 0) is 10.0 Å². The predicted molar refractivity (Wildman–Crippen MR) is 105 cm³/mol. The second-order valence-electron chi connectivity index (χ2n) is 6.86. The van der Waals surface area contributed by atoms with Crippen molar-refractivity contribution in [1.82, 2.24) is 4.90 Å². The number of benzene rings is 1. The third-order valence-electron chi connectivity index (χ3n) is 5.01. The minimum Gasteiger partial charge on any atom is -0.338 e. The summed E-state index contributed by atoms with van der Waals surface area (Å²) >= 11 is 1.16. The van der Waals surface area contributed by atoms with Crippen LogP contribution in [0.3, 0.4) is 0 Å². The van der Waals surface area contributed by atoms with Gasteiger partial charge in [-0.3, -0.25) is 9.52 Å². The summed E-state index contributed by atoms with van der Waals surface area (Å²) in [5.74, 6) is 0.416. The number of nitrogens with zero attached hydrogens (tertiary/aromatic N) is 1. The van der Waals surface area contributed by atoms with Crippen molar-refractivity contribution in [2.24, 2.45) is 5.92 Å². The Morgan fingerprint density at radius 1 is 1.19 bits per heavy atom. The number of amides is 1. The fraction of sp³-hybridized carbons (Fsp3) is 0.421. The molecule has 1 aromatic carbocycles. The normalized spacial score (nSPS) is 20.5. The number of hydrogen-bond donors (Lipinski definition) is 1. The molecule has 1 fully saturated rings. The van der Waals surface area contributed by atoms with Gasteiger partial charge in [0.2, 0.25) is 0 Å². The molecule has 140 valence electrons. The SMILES string of the molecule is CC1CCCCC1N(C)C(=O)c1cccc(NS(=O)(=O)c2cccs2)c1. The fourth-order valence-electron chi connectivity index (χ4n) is 3.56. The zero-order valence-electron chi connectivity index (χ0n) is 15.0. The molecule has 2 aromatic rings. The minimum absolute atomic E-state index is 0.0686. The molecule has 1 aliphatic carbocycles. The molecule has 2 unspecified atom stereocenters. The van der Waals surface area contributed by atoms with Crippen LogP contribution in [0.2, 0.25) is 0 Å². The summed E-state index contributed by atoms with van der Waals surface area (Å²) in [4.78, 5) is 14.7. The average molecular weight is 393 g/mol. The van der Waals surface area contributed by atoms with Crippen LogP contribution >= 0.6 is 11.3 Å². The van der Waals surface area contributed by atoms with E-state index < -0.39 is 10.0 Å². The van der Waals surface area contributed by atoms with E-state index in [1.54, 1.807) is 41.8 Å². The van der Waals surface area contributed by atoms with Gasteiger partial charge >= 0.3 is 0 Å². The van der Waals surface area contributed by atoms with E-state index in [1.807, 2.05) is 11.9 Å². The highest BCUT2D eigenvalue weighted by Gasteiger charge is 2.28. The summed E-state index contributed by atoms with van der Waals surface area (Å²) in [6, 6.07) is 10.2. The van der Waals surface area contributed by atoms with E-state index in [1.165, 1.54) is 6.42 Å². The summed E-state index contributed by atoms with van der Waals surface area (Å²) in [6.07, 6.45) is 4.53. The standard InChI is InChI=1S/C19H24N2O3S2/c1-14-7-3-4-10-17(14)21(2)19(22)15-8-5-9-16(13-15)20-26(23,24)18-11-6-12-25-18/h5-6,8-9,11-14,17,20H,3-4,7,10H2,1-2H3. The van der Waals surface area contributed by atoms with Crippen LogP contribution in [0.4, 0.5) is 5.69 Å². The van der Waals surface area contributed by atoms with Crippen LogP contribution in [0, 0.1) is 5.92 Å². The Kier molecular flexibility index (Phi) is 5.67. The van der Waals surface area contributed by atoms with Gasteiger partial charge in [0.25, 0.3) is 15.9 Å². The van der Waals surface area contributed by atoms with E-state index in [0.717, 1.165) is 30.6 Å². The first kappa shape index (κ1) is 18.9. The zero-order valence-corrected chi connectivity index (χ0v) is 16.6. The summed E-state index contributed by atoms with van der Waals surface area (Å²) in [7, 11) is -1.77. The van der Waals surface area contributed by atoms with E-state index in [0.29, 0.717) is 17.2 Å². The lowest BCUT2D eigenvalue weighted by Gasteiger charge is -2.36. The van der Waals surface area contributed by atoms with Crippen LogP contribution in [0.5, 0.6) is 0 Å². The molecule has 0 spiro atoms. The number of carbonyl (C=O) groups excluding carboxylic acids is 1. The molecular weight excluding hydrogens is 368 g/mol. The molecule has 0 radical (unpaired) electrons. The van der Waals surface area contributed by atoms with E-state index in [4.69, 9.17) is 0 Å². The number of hydrogen-bond acceptors (Lipinski definition) is 4. The maximum absolute atomic E-state index is 12.9. The van der Waals surface area contributed by atoms with Gasteiger partial charge < -0.3 is 4.90 Å². The predicted octanol–water partition coefficient (Wildman–Crippen LogP) is 4.20. The van der Waals surface area contributed by atoms with Crippen molar-refractivity contribution in [2.45, 2.75) is 42.9 Å². The highest BCUT2D eigenvalue weighted by molar-refractivity contribution is 7.94. The van der Waals surface area contributed by atoms with Crippen molar-refractivity contribution in [3.63, 3.8) is 0 Å². The lowest BCUT2D eigenvalue weighted by atomic mass is 9.85. The van der Waals surface area contributed by atoms with Gasteiger partial charge in [0, 0.05) is 24.3 Å². The lowest BCUT2D eigenvalue weighted by Crippen LogP contribution is -2.42. The number of sulfonamides is 1. The monoisotopic (exact) mass is 392 g/mol.